The van der Waals surface area contributed by atoms with E-state index in [2.05, 4.69) is 20.8 Å². The van der Waals surface area contributed by atoms with Gasteiger partial charge in [0.05, 0.1) is 0 Å². The first-order chi connectivity index (χ1) is 7.44. The molecule has 0 aliphatic carbocycles. The summed E-state index contributed by atoms with van der Waals surface area (Å²) in [5, 5.41) is 9.52. The number of carboxylic acid groups (broad SMARTS) is 1. The smallest absolute Gasteiger partial charge is 0.324 e. The van der Waals surface area contributed by atoms with Crippen LogP contribution in [0.5, 0.6) is 0 Å². The van der Waals surface area contributed by atoms with E-state index in [9.17, 15) is 9.90 Å². The Morgan fingerprint density at radius 1 is 1.38 bits per heavy atom. The minimum atomic E-state index is -0.675. The lowest BCUT2D eigenvalue weighted by Crippen LogP contribution is -2.53. The van der Waals surface area contributed by atoms with Crippen LogP contribution in [-0.4, -0.2) is 35.1 Å². The van der Waals surface area contributed by atoms with Crippen LogP contribution in [0.1, 0.15) is 53.4 Å². The predicted molar refractivity (Wildman–Crippen MR) is 67.7 cm³/mol. The average Bonchev–Trinajstić information content (AvgIpc) is 2.25. The Labute approximate surface area is 99.8 Å². The monoisotopic (exact) mass is 229 g/mol. The molecule has 0 rings (SSSR count). The van der Waals surface area contributed by atoms with Crippen molar-refractivity contribution in [2.24, 2.45) is 5.92 Å². The third kappa shape index (κ3) is 3.48. The highest BCUT2D eigenvalue weighted by Crippen LogP contribution is 2.28. The van der Waals surface area contributed by atoms with Gasteiger partial charge in [0.25, 0.3) is 0 Å². The van der Waals surface area contributed by atoms with Crippen molar-refractivity contribution < 1.29 is 9.90 Å². The van der Waals surface area contributed by atoms with E-state index in [1.54, 1.807) is 0 Å². The Bertz CT molecular complexity index is 218. The fourth-order valence-electron chi connectivity index (χ4n) is 2.24. The highest BCUT2D eigenvalue weighted by Gasteiger charge is 2.41. The van der Waals surface area contributed by atoms with Gasteiger partial charge in [0.15, 0.2) is 0 Å². The number of carbonyl (C=O) groups is 1. The fourth-order valence-corrected chi connectivity index (χ4v) is 2.24. The van der Waals surface area contributed by atoms with Crippen molar-refractivity contribution in [3.8, 4) is 0 Å². The number of nitrogens with zero attached hydrogens (tertiary/aromatic N) is 1. The van der Waals surface area contributed by atoms with Crippen molar-refractivity contribution in [2.75, 3.05) is 13.6 Å². The van der Waals surface area contributed by atoms with Gasteiger partial charge in [-0.2, -0.15) is 0 Å². The lowest BCUT2D eigenvalue weighted by atomic mass is 9.83. The van der Waals surface area contributed by atoms with Gasteiger partial charge in [0, 0.05) is 0 Å². The number of likely N-dealkylation sites (N-methyl/N-ethyl adjacent to an activating group) is 1. The highest BCUT2D eigenvalue weighted by atomic mass is 16.4. The molecule has 96 valence electrons. The number of hydrogen-bond donors (Lipinski definition) is 1. The fraction of sp³-hybridized carbons (Fsp3) is 0.923. The molecule has 0 heterocycles. The largest absolute Gasteiger partial charge is 0.480 e. The molecular weight excluding hydrogens is 202 g/mol. The summed E-state index contributed by atoms with van der Waals surface area (Å²) in [6.07, 6.45) is 3.44. The molecule has 0 amide bonds. The molecule has 0 aliphatic heterocycles. The van der Waals surface area contributed by atoms with Crippen molar-refractivity contribution in [2.45, 2.75) is 58.9 Å². The molecular formula is C13H27NO2. The van der Waals surface area contributed by atoms with Crippen LogP contribution >= 0.6 is 0 Å². The number of hydrogen-bond acceptors (Lipinski definition) is 2. The van der Waals surface area contributed by atoms with E-state index in [-0.39, 0.29) is 0 Å². The van der Waals surface area contributed by atoms with Gasteiger partial charge >= 0.3 is 5.97 Å². The van der Waals surface area contributed by atoms with Gasteiger partial charge in [-0.25, -0.2) is 0 Å². The molecule has 0 fully saturated rings. The van der Waals surface area contributed by atoms with Gasteiger partial charge < -0.3 is 5.11 Å². The zero-order valence-corrected chi connectivity index (χ0v) is 11.4. The van der Waals surface area contributed by atoms with Crippen molar-refractivity contribution >= 4 is 5.97 Å². The van der Waals surface area contributed by atoms with E-state index in [0.717, 1.165) is 25.8 Å². The van der Waals surface area contributed by atoms with Gasteiger partial charge in [-0.15, -0.1) is 0 Å². The Balaban J connectivity index is 4.91. The van der Waals surface area contributed by atoms with E-state index in [0.29, 0.717) is 12.3 Å². The molecule has 2 unspecified atom stereocenters. The van der Waals surface area contributed by atoms with Crippen LogP contribution in [0.3, 0.4) is 0 Å². The summed E-state index contributed by atoms with van der Waals surface area (Å²) in [6.45, 7) is 9.15. The van der Waals surface area contributed by atoms with Crippen LogP contribution in [0.2, 0.25) is 0 Å². The third-order valence-corrected chi connectivity index (χ3v) is 3.66. The Kier molecular flexibility index (Phi) is 6.65. The van der Waals surface area contributed by atoms with Crippen LogP contribution in [0.4, 0.5) is 0 Å². The molecule has 0 aliphatic rings. The topological polar surface area (TPSA) is 40.5 Å². The number of rotatable bonds is 8. The Morgan fingerprint density at radius 2 is 1.94 bits per heavy atom. The molecule has 16 heavy (non-hydrogen) atoms. The normalized spacial score (nSPS) is 17.1. The third-order valence-electron chi connectivity index (χ3n) is 3.66. The molecule has 0 spiro atoms. The van der Waals surface area contributed by atoms with Crippen LogP contribution in [0.25, 0.3) is 0 Å². The minimum Gasteiger partial charge on any atom is -0.480 e. The first-order valence-corrected chi connectivity index (χ1v) is 6.39. The van der Waals surface area contributed by atoms with E-state index in [4.69, 9.17) is 0 Å². The Hall–Kier alpha value is -0.570. The maximum Gasteiger partial charge on any atom is 0.324 e. The molecule has 0 aromatic rings. The lowest BCUT2D eigenvalue weighted by molar-refractivity contribution is -0.152. The van der Waals surface area contributed by atoms with Crippen molar-refractivity contribution in [1.82, 2.24) is 4.90 Å². The first kappa shape index (κ1) is 15.4. The van der Waals surface area contributed by atoms with Gasteiger partial charge in [0.1, 0.15) is 5.54 Å². The molecule has 2 atom stereocenters. The van der Waals surface area contributed by atoms with Crippen molar-refractivity contribution in [3.63, 3.8) is 0 Å². The van der Waals surface area contributed by atoms with Crippen LogP contribution in [-0.2, 0) is 4.79 Å². The van der Waals surface area contributed by atoms with Gasteiger partial charge in [-0.1, -0.05) is 34.1 Å². The maximum atomic E-state index is 11.6. The molecule has 3 nitrogen and oxygen atoms in total. The van der Waals surface area contributed by atoms with Crippen LogP contribution < -0.4 is 0 Å². The van der Waals surface area contributed by atoms with Crippen molar-refractivity contribution in [3.05, 3.63) is 0 Å². The second-order valence-electron chi connectivity index (χ2n) is 4.83. The molecule has 1 N–H and O–H groups in total. The molecule has 0 bridgehead atoms. The summed E-state index contributed by atoms with van der Waals surface area (Å²) in [5.41, 5.74) is -0.675. The molecule has 0 saturated heterocycles. The maximum absolute atomic E-state index is 11.6. The quantitative estimate of drug-likeness (QED) is 0.695. The van der Waals surface area contributed by atoms with Gasteiger partial charge in [-0.05, 0) is 38.8 Å². The van der Waals surface area contributed by atoms with E-state index in [1.165, 1.54) is 0 Å². The summed E-state index contributed by atoms with van der Waals surface area (Å²) >= 11 is 0. The molecule has 0 radical (unpaired) electrons. The number of carboxylic acids is 1. The van der Waals surface area contributed by atoms with E-state index in [1.807, 2.05) is 18.9 Å². The summed E-state index contributed by atoms with van der Waals surface area (Å²) in [7, 11) is 1.93. The van der Waals surface area contributed by atoms with E-state index >= 15 is 0 Å². The average molecular weight is 229 g/mol. The second kappa shape index (κ2) is 6.89. The summed E-state index contributed by atoms with van der Waals surface area (Å²) in [6, 6.07) is 0. The van der Waals surface area contributed by atoms with Crippen LogP contribution in [0, 0.1) is 5.92 Å². The molecule has 3 heteroatoms. The molecule has 0 aromatic heterocycles. The van der Waals surface area contributed by atoms with Gasteiger partial charge in [-0.3, -0.25) is 9.69 Å². The van der Waals surface area contributed by atoms with Crippen molar-refractivity contribution in [1.29, 1.82) is 0 Å². The predicted octanol–water partition coefficient (Wildman–Crippen LogP) is 3.00. The molecule has 0 saturated carbocycles. The SMILES string of the molecule is CCCN(C)C(CC)(CC(C)CC)C(=O)O. The molecule has 0 aromatic carbocycles. The van der Waals surface area contributed by atoms with Gasteiger partial charge in [0.2, 0.25) is 0 Å². The van der Waals surface area contributed by atoms with E-state index < -0.39 is 11.5 Å². The zero-order valence-electron chi connectivity index (χ0n) is 11.4. The zero-order chi connectivity index (χ0) is 12.8. The summed E-state index contributed by atoms with van der Waals surface area (Å²) in [4.78, 5) is 13.6. The number of aliphatic carboxylic acids is 1. The second-order valence-corrected chi connectivity index (χ2v) is 4.83. The first-order valence-electron chi connectivity index (χ1n) is 6.39. The Morgan fingerprint density at radius 3 is 2.25 bits per heavy atom. The summed E-state index contributed by atoms with van der Waals surface area (Å²) < 4.78 is 0. The van der Waals surface area contributed by atoms with Crippen LogP contribution in [0.15, 0.2) is 0 Å². The standard InChI is InChI=1S/C13H27NO2/c1-6-9-14(5)13(8-3,12(15)16)10-11(4)7-2/h11H,6-10H2,1-5H3,(H,15,16). The highest BCUT2D eigenvalue weighted by molar-refractivity contribution is 5.78. The summed E-state index contributed by atoms with van der Waals surface area (Å²) in [5.74, 6) is -0.221. The lowest BCUT2D eigenvalue weighted by Gasteiger charge is -2.39. The minimum absolute atomic E-state index is 0.454.